The van der Waals surface area contributed by atoms with Gasteiger partial charge < -0.3 is 24.2 Å². The van der Waals surface area contributed by atoms with Crippen LogP contribution < -0.4 is 5.11 Å². The molecule has 5 rings (SSSR count). The average molecular weight is 599 g/mol. The molecule has 31 heavy (non-hydrogen) atoms. The third-order valence-corrected chi connectivity index (χ3v) is 8.32. The maximum Gasteiger partial charge on any atom is 0.349 e. The first-order chi connectivity index (χ1) is 13.8. The van der Waals surface area contributed by atoms with Crippen molar-refractivity contribution in [2.75, 3.05) is 20.7 Å². The Morgan fingerprint density at radius 1 is 1.16 bits per heavy atom. The van der Waals surface area contributed by atoms with Gasteiger partial charge in [-0.3, -0.25) is 0 Å². The van der Waals surface area contributed by atoms with E-state index in [0.717, 1.165) is 17.3 Å². The predicted octanol–water partition coefficient (Wildman–Crippen LogP) is 2.87. The minimum atomic E-state index is -1.72. The van der Waals surface area contributed by atoms with Crippen molar-refractivity contribution < 1.29 is 29.0 Å². The second-order valence-corrected chi connectivity index (χ2v) is 10.2. The Labute approximate surface area is 211 Å². The lowest BCUT2D eigenvalue weighted by molar-refractivity contribution is -0.938. The molecule has 1 N–H and O–H groups in total. The molecule has 0 saturated carbocycles. The maximum atomic E-state index is 13.1. The summed E-state index contributed by atoms with van der Waals surface area (Å²) in [6, 6.07) is 8.01. The first-order valence-electron chi connectivity index (χ1n) is 9.92. The Morgan fingerprint density at radius 2 is 1.61 bits per heavy atom. The van der Waals surface area contributed by atoms with Gasteiger partial charge in [0.15, 0.2) is 0 Å². The number of rotatable bonds is 4. The quantitative estimate of drug-likeness (QED) is 0.332. The van der Waals surface area contributed by atoms with Crippen LogP contribution in [0.25, 0.3) is 0 Å². The zero-order valence-electron chi connectivity index (χ0n) is 17.6. The summed E-state index contributed by atoms with van der Waals surface area (Å²) >= 11 is 2.74. The van der Waals surface area contributed by atoms with Gasteiger partial charge in [0.2, 0.25) is 5.60 Å². The highest BCUT2D eigenvalue weighted by Gasteiger charge is 2.71. The van der Waals surface area contributed by atoms with Crippen molar-refractivity contribution in [3.63, 3.8) is 0 Å². The number of halogens is 2. The lowest BCUT2D eigenvalue weighted by atomic mass is 9.95. The molecular formula is C21H29Br2NO5S2. The largest absolute Gasteiger partial charge is 0.855 e. The van der Waals surface area contributed by atoms with E-state index >= 15 is 0 Å². The van der Waals surface area contributed by atoms with E-state index in [2.05, 4.69) is 14.1 Å². The van der Waals surface area contributed by atoms with Crippen LogP contribution in [0.2, 0.25) is 0 Å². The highest BCUT2D eigenvalue weighted by atomic mass is 79.9. The molecule has 0 amide bonds. The molecule has 3 saturated heterocycles. The average Bonchev–Trinajstić information content (AvgIpc) is 3.04. The van der Waals surface area contributed by atoms with Crippen LogP contribution in [0.3, 0.4) is 0 Å². The smallest absolute Gasteiger partial charge is 0.349 e. The summed E-state index contributed by atoms with van der Waals surface area (Å²) in [6.45, 7) is 1.57. The molecule has 2 bridgehead atoms. The van der Waals surface area contributed by atoms with Gasteiger partial charge >= 0.3 is 5.97 Å². The Hall–Kier alpha value is -0.330. The second-order valence-electron chi connectivity index (χ2n) is 8.28. The van der Waals surface area contributed by atoms with Crippen molar-refractivity contribution in [2.24, 2.45) is 0 Å². The minimum Gasteiger partial charge on any atom is -0.855 e. The number of carbonyl (C=O) groups excluding carboxylic acids is 1. The van der Waals surface area contributed by atoms with E-state index in [4.69, 9.17) is 14.6 Å². The van der Waals surface area contributed by atoms with E-state index in [-0.39, 0.29) is 46.7 Å². The SMILES string of the molecule is Br.Br.CC[O-].C[N+]1(C)[C@@H]2CC(OC(=O)C(O)(c3cccs3)c3cccs3)C[C@H]1[C@@H]1O[C@@H]12. The molecule has 3 fully saturated rings. The van der Waals surface area contributed by atoms with Gasteiger partial charge in [-0.2, -0.15) is 0 Å². The topological polar surface area (TPSA) is 82.1 Å². The third kappa shape index (κ3) is 4.68. The van der Waals surface area contributed by atoms with Crippen molar-refractivity contribution in [1.82, 2.24) is 0 Å². The van der Waals surface area contributed by atoms with Crippen LogP contribution in [0.5, 0.6) is 0 Å². The molecule has 5 atom stereocenters. The van der Waals surface area contributed by atoms with E-state index in [1.54, 1.807) is 19.1 Å². The van der Waals surface area contributed by atoms with Gasteiger partial charge in [0.1, 0.15) is 30.4 Å². The number of epoxide rings is 1. The number of likely N-dealkylation sites (N-methyl/N-ethyl adjacent to an activating group) is 1. The van der Waals surface area contributed by atoms with E-state index < -0.39 is 11.6 Å². The van der Waals surface area contributed by atoms with Gasteiger partial charge in [0.05, 0.1) is 23.8 Å². The molecule has 6 nitrogen and oxygen atoms in total. The molecule has 1 unspecified atom stereocenters. The highest BCUT2D eigenvalue weighted by Crippen LogP contribution is 2.52. The predicted molar refractivity (Wildman–Crippen MR) is 130 cm³/mol. The summed E-state index contributed by atoms with van der Waals surface area (Å²) in [5, 5.41) is 24.0. The lowest BCUT2D eigenvalue weighted by Crippen LogP contribution is -2.60. The molecule has 174 valence electrons. The molecule has 3 aliphatic heterocycles. The van der Waals surface area contributed by atoms with Crippen molar-refractivity contribution >= 4 is 62.6 Å². The Bertz CT molecular complexity index is 792. The standard InChI is InChI=1S/C19H22NO4S2.C2H5O.2BrH/c1-20(2)12-9-11(10-13(20)17-16(12)24-17)23-18(21)19(22,14-5-3-7-25-14)15-6-4-8-26-15;1-2-3;;/h3-8,11-13,16-17,22H,9-10H2,1-2H3;2H2,1H3;2*1H/q+1;-1;;/t11?,12-,13+,16-,17+;;;. The number of hydrogen-bond donors (Lipinski definition) is 1. The van der Waals surface area contributed by atoms with Gasteiger partial charge in [-0.05, 0) is 22.9 Å². The number of quaternary nitrogens is 1. The number of hydrogen-bond acceptors (Lipinski definition) is 7. The zero-order chi connectivity index (χ0) is 20.8. The summed E-state index contributed by atoms with van der Waals surface area (Å²) in [5.74, 6) is -0.561. The number of ether oxygens (including phenoxy) is 2. The van der Waals surface area contributed by atoms with Gasteiger partial charge in [0.25, 0.3) is 0 Å². The molecule has 5 heterocycles. The zero-order valence-corrected chi connectivity index (χ0v) is 22.7. The molecule has 10 heteroatoms. The summed E-state index contributed by atoms with van der Waals surface area (Å²) in [5.41, 5.74) is -1.72. The minimum absolute atomic E-state index is 0. The summed E-state index contributed by atoms with van der Waals surface area (Å²) < 4.78 is 12.6. The normalized spacial score (nSPS) is 29.4. The van der Waals surface area contributed by atoms with Gasteiger partial charge in [0, 0.05) is 12.8 Å². The van der Waals surface area contributed by atoms with E-state index in [1.807, 2.05) is 22.9 Å². The molecule has 2 aromatic heterocycles. The Morgan fingerprint density at radius 3 is 2.00 bits per heavy atom. The number of esters is 1. The van der Waals surface area contributed by atoms with Gasteiger partial charge in [-0.15, -0.1) is 63.2 Å². The first-order valence-corrected chi connectivity index (χ1v) is 11.7. The van der Waals surface area contributed by atoms with Gasteiger partial charge in [-0.25, -0.2) is 4.79 Å². The van der Waals surface area contributed by atoms with E-state index in [1.165, 1.54) is 22.7 Å². The fourth-order valence-corrected chi connectivity index (χ4v) is 6.54. The van der Waals surface area contributed by atoms with Crippen molar-refractivity contribution in [3.05, 3.63) is 44.8 Å². The van der Waals surface area contributed by atoms with E-state index in [0.29, 0.717) is 34.0 Å². The van der Waals surface area contributed by atoms with Crippen LogP contribution in [0.4, 0.5) is 0 Å². The van der Waals surface area contributed by atoms with E-state index in [9.17, 15) is 9.90 Å². The summed E-state index contributed by atoms with van der Waals surface area (Å²) in [6.07, 6.45) is 2.05. The maximum absolute atomic E-state index is 13.1. The van der Waals surface area contributed by atoms with Crippen LogP contribution in [0.1, 0.15) is 29.5 Å². The lowest BCUT2D eigenvalue weighted by Gasteiger charge is -2.45. The van der Waals surface area contributed by atoms with Crippen molar-refractivity contribution in [1.29, 1.82) is 0 Å². The number of nitrogens with zero attached hydrogens (tertiary/aromatic N) is 1. The fourth-order valence-electron chi connectivity index (χ4n) is 4.83. The number of thiophene rings is 2. The van der Waals surface area contributed by atoms with Crippen LogP contribution in [0.15, 0.2) is 35.0 Å². The van der Waals surface area contributed by atoms with Crippen LogP contribution in [-0.2, 0) is 19.9 Å². The fraction of sp³-hybridized carbons (Fsp3) is 0.571. The van der Waals surface area contributed by atoms with Crippen LogP contribution in [0, 0.1) is 0 Å². The molecule has 0 aliphatic carbocycles. The molecule has 3 aliphatic rings. The number of carbonyl (C=O) groups is 1. The summed E-state index contributed by atoms with van der Waals surface area (Å²) in [7, 11) is 4.49. The number of fused-ring (bicyclic) bond motifs is 5. The molecule has 0 aromatic carbocycles. The molecule has 0 radical (unpaired) electrons. The second kappa shape index (κ2) is 10.3. The third-order valence-electron chi connectivity index (χ3n) is 6.36. The van der Waals surface area contributed by atoms with Crippen LogP contribution >= 0.6 is 56.6 Å². The number of morpholine rings is 1. The van der Waals surface area contributed by atoms with Crippen LogP contribution in [-0.4, -0.2) is 66.7 Å². The van der Waals surface area contributed by atoms with Crippen molar-refractivity contribution in [3.8, 4) is 0 Å². The molecule has 2 aromatic rings. The Balaban J connectivity index is 0.000000648. The number of aliphatic hydroxyl groups is 1. The van der Waals surface area contributed by atoms with Crippen molar-refractivity contribution in [2.45, 2.75) is 55.8 Å². The summed E-state index contributed by atoms with van der Waals surface area (Å²) in [4.78, 5) is 14.3. The number of piperidine rings is 1. The monoisotopic (exact) mass is 597 g/mol. The molecule has 0 spiro atoms. The molecular weight excluding hydrogens is 570 g/mol. The first kappa shape index (κ1) is 26.9. The Kier molecular flexibility index (Phi) is 8.94. The van der Waals surface area contributed by atoms with Gasteiger partial charge in [-0.1, -0.05) is 19.1 Å². The highest BCUT2D eigenvalue weighted by molar-refractivity contribution is 8.93.